The van der Waals surface area contributed by atoms with Crippen LogP contribution in [0, 0.1) is 0 Å². The normalized spacial score (nSPS) is 12.0. The van der Waals surface area contributed by atoms with Crippen LogP contribution in [0.3, 0.4) is 0 Å². The third kappa shape index (κ3) is 3.87. The van der Waals surface area contributed by atoms with Gasteiger partial charge in [-0.3, -0.25) is 0 Å². The molecule has 1 aromatic heterocycles. The minimum absolute atomic E-state index is 1.03. The summed E-state index contributed by atoms with van der Waals surface area (Å²) in [5.41, 5.74) is 8.96. The lowest BCUT2D eigenvalue weighted by atomic mass is 9.85. The molecule has 0 saturated heterocycles. The van der Waals surface area contributed by atoms with E-state index in [-0.39, 0.29) is 0 Å². The fourth-order valence-electron chi connectivity index (χ4n) is 7.64. The fraction of sp³-hybridized carbons (Fsp3) is 0.0909. The molecule has 0 radical (unpaired) electrons. The molecule has 0 N–H and O–H groups in total. The van der Waals surface area contributed by atoms with Gasteiger partial charge in [0.25, 0.3) is 0 Å². The van der Waals surface area contributed by atoms with E-state index >= 15 is 0 Å². The molecule has 0 aliphatic rings. The third-order valence-corrected chi connectivity index (χ3v) is 9.88. The van der Waals surface area contributed by atoms with Crippen molar-refractivity contribution in [1.82, 2.24) is 4.57 Å². The molecule has 0 bridgehead atoms. The van der Waals surface area contributed by atoms with Gasteiger partial charge in [-0.2, -0.15) is 0 Å². The summed E-state index contributed by atoms with van der Waals surface area (Å²) in [7, 11) is 0. The second-order valence-electron chi connectivity index (χ2n) is 12.3. The first kappa shape index (κ1) is 26.0. The van der Waals surface area contributed by atoms with Gasteiger partial charge < -0.3 is 4.57 Å². The van der Waals surface area contributed by atoms with E-state index in [1.54, 1.807) is 0 Å². The van der Waals surface area contributed by atoms with E-state index in [0.29, 0.717) is 0 Å². The minimum atomic E-state index is 1.03. The number of fused-ring (bicyclic) bond motifs is 10. The lowest BCUT2D eigenvalue weighted by molar-refractivity contribution is 1.14. The molecule has 0 aliphatic heterocycles. The van der Waals surface area contributed by atoms with Crippen molar-refractivity contribution in [2.24, 2.45) is 0 Å². The first-order valence-electron chi connectivity index (χ1n) is 16.1. The summed E-state index contributed by atoms with van der Waals surface area (Å²) in [6.45, 7) is 4.50. The standard InChI is InChI=1S/C44H33N/c1-3-28-17-23-34-38(25-28)39-26-29(4-2)18-24-37(39)44-40(34)27-31-11-5-6-12-33(31)43(44)30-19-21-32(22-20-30)45-41-15-9-7-13-35(41)36-14-8-10-16-42(36)45/h5-27H,3-4H2,1-2H3. The van der Waals surface area contributed by atoms with Gasteiger partial charge in [0.15, 0.2) is 0 Å². The van der Waals surface area contributed by atoms with Crippen LogP contribution in [0.2, 0.25) is 0 Å². The molecule has 0 atom stereocenters. The monoisotopic (exact) mass is 575 g/mol. The summed E-state index contributed by atoms with van der Waals surface area (Å²) in [6, 6.07) is 52.3. The number of nitrogens with zero attached hydrogens (tertiary/aromatic N) is 1. The van der Waals surface area contributed by atoms with Gasteiger partial charge in [-0.1, -0.05) is 123 Å². The quantitative estimate of drug-likeness (QED) is 0.145. The molecule has 1 nitrogen and oxygen atoms in total. The number of aryl methyl sites for hydroxylation is 2. The second-order valence-corrected chi connectivity index (χ2v) is 12.3. The van der Waals surface area contributed by atoms with E-state index < -0.39 is 0 Å². The number of hydrogen-bond acceptors (Lipinski definition) is 0. The largest absolute Gasteiger partial charge is 0.309 e. The van der Waals surface area contributed by atoms with Gasteiger partial charge in [-0.05, 0) is 109 Å². The Labute approximate surface area is 263 Å². The zero-order valence-electron chi connectivity index (χ0n) is 25.6. The molecule has 9 rings (SSSR count). The first-order chi connectivity index (χ1) is 22.2. The van der Waals surface area contributed by atoms with Gasteiger partial charge >= 0.3 is 0 Å². The Balaban J connectivity index is 1.37. The van der Waals surface area contributed by atoms with Crippen molar-refractivity contribution in [1.29, 1.82) is 0 Å². The molecule has 0 spiro atoms. The SMILES string of the molecule is CCc1ccc2c(c1)c1cc(CC)ccc1c1c(-c3ccc(-n4c5ccccc5c5ccccc54)cc3)c3ccccc3cc21. The number of aromatic nitrogens is 1. The average molecular weight is 576 g/mol. The maximum atomic E-state index is 2.43. The Morgan fingerprint density at radius 1 is 0.422 bits per heavy atom. The van der Waals surface area contributed by atoms with Gasteiger partial charge in [-0.15, -0.1) is 0 Å². The smallest absolute Gasteiger partial charge is 0.0541 e. The third-order valence-electron chi connectivity index (χ3n) is 9.88. The number of benzene rings is 8. The van der Waals surface area contributed by atoms with Crippen molar-refractivity contribution in [2.45, 2.75) is 26.7 Å². The highest BCUT2D eigenvalue weighted by Crippen LogP contribution is 2.45. The van der Waals surface area contributed by atoms with Crippen molar-refractivity contribution in [3.8, 4) is 16.8 Å². The molecule has 8 aromatic carbocycles. The van der Waals surface area contributed by atoms with Gasteiger partial charge in [0.1, 0.15) is 0 Å². The Bertz CT molecular complexity index is 2550. The van der Waals surface area contributed by atoms with E-state index in [1.165, 1.54) is 92.8 Å². The molecule has 214 valence electrons. The predicted octanol–water partition coefficient (Wildman–Crippen LogP) is 12.2. The van der Waals surface area contributed by atoms with Crippen LogP contribution in [0.25, 0.3) is 81.7 Å². The summed E-state index contributed by atoms with van der Waals surface area (Å²) < 4.78 is 2.40. The zero-order chi connectivity index (χ0) is 30.1. The van der Waals surface area contributed by atoms with Gasteiger partial charge in [0.05, 0.1) is 11.0 Å². The molecule has 1 heteroatoms. The average Bonchev–Trinajstić information content (AvgIpc) is 3.45. The maximum absolute atomic E-state index is 2.43. The molecule has 0 fully saturated rings. The van der Waals surface area contributed by atoms with E-state index in [4.69, 9.17) is 0 Å². The lowest BCUT2D eigenvalue weighted by Crippen LogP contribution is -1.94. The van der Waals surface area contributed by atoms with E-state index in [2.05, 4.69) is 158 Å². The summed E-state index contributed by atoms with van der Waals surface area (Å²) in [5, 5.41) is 13.2. The van der Waals surface area contributed by atoms with Crippen molar-refractivity contribution in [2.75, 3.05) is 0 Å². The highest BCUT2D eigenvalue weighted by Gasteiger charge is 2.18. The van der Waals surface area contributed by atoms with Crippen molar-refractivity contribution < 1.29 is 0 Å². The molecule has 0 aliphatic carbocycles. The Morgan fingerprint density at radius 2 is 0.978 bits per heavy atom. The van der Waals surface area contributed by atoms with Crippen LogP contribution in [0.4, 0.5) is 0 Å². The molecular formula is C44H33N. The van der Waals surface area contributed by atoms with Crippen LogP contribution < -0.4 is 0 Å². The molecule has 9 aromatic rings. The molecule has 1 heterocycles. The highest BCUT2D eigenvalue weighted by atomic mass is 15.0. The summed E-state index contributed by atoms with van der Waals surface area (Å²) in [6.07, 6.45) is 2.06. The Kier molecular flexibility index (Phi) is 5.83. The summed E-state index contributed by atoms with van der Waals surface area (Å²) >= 11 is 0. The van der Waals surface area contributed by atoms with Crippen molar-refractivity contribution >= 4 is 64.9 Å². The van der Waals surface area contributed by atoms with Gasteiger partial charge in [0, 0.05) is 16.5 Å². The van der Waals surface area contributed by atoms with Gasteiger partial charge in [-0.25, -0.2) is 0 Å². The van der Waals surface area contributed by atoms with Crippen molar-refractivity contribution in [3.63, 3.8) is 0 Å². The second kappa shape index (κ2) is 10.1. The maximum Gasteiger partial charge on any atom is 0.0541 e. The number of rotatable bonds is 4. The van der Waals surface area contributed by atoms with Crippen LogP contribution >= 0.6 is 0 Å². The van der Waals surface area contributed by atoms with Crippen LogP contribution in [-0.4, -0.2) is 4.57 Å². The Morgan fingerprint density at radius 3 is 1.62 bits per heavy atom. The van der Waals surface area contributed by atoms with E-state index in [9.17, 15) is 0 Å². The lowest BCUT2D eigenvalue weighted by Gasteiger charge is -2.18. The molecular weight excluding hydrogens is 542 g/mol. The summed E-state index contributed by atoms with van der Waals surface area (Å²) in [5.74, 6) is 0. The van der Waals surface area contributed by atoms with Crippen LogP contribution in [0.15, 0.2) is 140 Å². The first-order valence-corrected chi connectivity index (χ1v) is 16.1. The number of hydrogen-bond donors (Lipinski definition) is 0. The van der Waals surface area contributed by atoms with E-state index in [0.717, 1.165) is 12.8 Å². The molecule has 0 unspecified atom stereocenters. The number of para-hydroxylation sites is 2. The van der Waals surface area contributed by atoms with E-state index in [1.807, 2.05) is 0 Å². The zero-order valence-corrected chi connectivity index (χ0v) is 25.6. The minimum Gasteiger partial charge on any atom is -0.309 e. The molecule has 45 heavy (non-hydrogen) atoms. The summed E-state index contributed by atoms with van der Waals surface area (Å²) in [4.78, 5) is 0. The van der Waals surface area contributed by atoms with Crippen molar-refractivity contribution in [3.05, 3.63) is 151 Å². The van der Waals surface area contributed by atoms with Crippen LogP contribution in [-0.2, 0) is 12.8 Å². The predicted molar refractivity (Wildman–Crippen MR) is 195 cm³/mol. The fourth-order valence-corrected chi connectivity index (χ4v) is 7.64. The highest BCUT2D eigenvalue weighted by molar-refractivity contribution is 6.32. The van der Waals surface area contributed by atoms with Crippen LogP contribution in [0.5, 0.6) is 0 Å². The van der Waals surface area contributed by atoms with Crippen LogP contribution in [0.1, 0.15) is 25.0 Å². The topological polar surface area (TPSA) is 4.93 Å². The molecule has 0 saturated carbocycles. The van der Waals surface area contributed by atoms with Gasteiger partial charge in [0.2, 0.25) is 0 Å². The Hall–Kier alpha value is -5.40. The molecule has 0 amide bonds.